The first kappa shape index (κ1) is 24.4. The van der Waals surface area contributed by atoms with Crippen LogP contribution in [0.1, 0.15) is 29.7 Å². The molecular weight excluding hydrogens is 504 g/mol. The average molecular weight is 526 g/mol. The third-order valence-corrected chi connectivity index (χ3v) is 5.99. The van der Waals surface area contributed by atoms with Crippen LogP contribution in [-0.2, 0) is 11.4 Å². The summed E-state index contributed by atoms with van der Waals surface area (Å²) in [5, 5.41) is 13.1. The molecule has 0 aliphatic rings. The summed E-state index contributed by atoms with van der Waals surface area (Å²) in [5.74, 6) is 0.507. The molecule has 0 saturated heterocycles. The van der Waals surface area contributed by atoms with Crippen LogP contribution < -0.4 is 14.8 Å². The fourth-order valence-electron chi connectivity index (χ4n) is 3.11. The quantitative estimate of drug-likeness (QED) is 0.270. The summed E-state index contributed by atoms with van der Waals surface area (Å²) < 4.78 is 12.0. The first-order chi connectivity index (χ1) is 15.9. The van der Waals surface area contributed by atoms with E-state index in [1.165, 1.54) is 13.2 Å². The minimum atomic E-state index is -0.459. The highest BCUT2D eigenvalue weighted by molar-refractivity contribution is 9.10. The maximum Gasteiger partial charge on any atom is 0.262 e. The lowest BCUT2D eigenvalue weighted by Crippen LogP contribution is -2.27. The molecule has 0 aromatic heterocycles. The summed E-state index contributed by atoms with van der Waals surface area (Å²) >= 11 is 9.70. The van der Waals surface area contributed by atoms with E-state index in [4.69, 9.17) is 21.1 Å². The van der Waals surface area contributed by atoms with Gasteiger partial charge in [-0.3, -0.25) is 4.79 Å². The van der Waals surface area contributed by atoms with Crippen molar-refractivity contribution in [2.24, 2.45) is 0 Å². The molecule has 3 aromatic rings. The molecular formula is C26H22BrClN2O3. The second-order valence-electron chi connectivity index (χ2n) is 7.18. The Kier molecular flexibility index (Phi) is 8.53. The number of ether oxygens (including phenoxy) is 2. The number of amides is 1. The van der Waals surface area contributed by atoms with Crippen LogP contribution in [0.4, 0.5) is 0 Å². The number of carbonyl (C=O) groups excluding carboxylic acids is 1. The predicted octanol–water partition coefficient (Wildman–Crippen LogP) is 6.47. The second-order valence-corrected chi connectivity index (χ2v) is 8.44. The minimum absolute atomic E-state index is 0.0229. The summed E-state index contributed by atoms with van der Waals surface area (Å²) in [6, 6.07) is 22.2. The number of benzene rings is 3. The zero-order valence-electron chi connectivity index (χ0n) is 18.1. The number of methoxy groups -OCH3 is 1. The van der Waals surface area contributed by atoms with E-state index in [1.54, 1.807) is 18.2 Å². The van der Waals surface area contributed by atoms with Crippen molar-refractivity contribution in [2.75, 3.05) is 7.11 Å². The van der Waals surface area contributed by atoms with Crippen LogP contribution in [0.25, 0.3) is 6.08 Å². The Morgan fingerprint density at radius 2 is 1.85 bits per heavy atom. The van der Waals surface area contributed by atoms with Crippen LogP contribution in [0.15, 0.2) is 76.8 Å². The largest absolute Gasteiger partial charge is 0.493 e. The second kappa shape index (κ2) is 11.6. The summed E-state index contributed by atoms with van der Waals surface area (Å²) in [4.78, 5) is 12.7. The van der Waals surface area contributed by atoms with Crippen LogP contribution >= 0.6 is 27.5 Å². The van der Waals surface area contributed by atoms with E-state index >= 15 is 0 Å². The van der Waals surface area contributed by atoms with Crippen molar-refractivity contribution in [1.82, 2.24) is 5.32 Å². The van der Waals surface area contributed by atoms with E-state index in [0.717, 1.165) is 11.1 Å². The first-order valence-electron chi connectivity index (χ1n) is 10.1. The number of hydrogen-bond acceptors (Lipinski definition) is 4. The molecule has 3 aromatic carbocycles. The number of rotatable bonds is 8. The normalized spacial score (nSPS) is 11.9. The highest BCUT2D eigenvalue weighted by atomic mass is 79.9. The van der Waals surface area contributed by atoms with Crippen molar-refractivity contribution < 1.29 is 14.3 Å². The number of hydrogen-bond donors (Lipinski definition) is 1. The summed E-state index contributed by atoms with van der Waals surface area (Å²) in [6.45, 7) is 2.13. The molecule has 33 heavy (non-hydrogen) atoms. The Morgan fingerprint density at radius 3 is 2.52 bits per heavy atom. The molecule has 1 amide bonds. The van der Waals surface area contributed by atoms with Gasteiger partial charge in [0.05, 0.1) is 13.2 Å². The average Bonchev–Trinajstić information content (AvgIpc) is 2.83. The molecule has 0 spiro atoms. The molecule has 7 heteroatoms. The Balaban J connectivity index is 1.80. The highest BCUT2D eigenvalue weighted by Crippen LogP contribution is 2.35. The first-order valence-corrected chi connectivity index (χ1v) is 11.3. The molecule has 0 radical (unpaired) electrons. The molecule has 0 heterocycles. The van der Waals surface area contributed by atoms with Gasteiger partial charge in [-0.05, 0) is 42.3 Å². The fraction of sp³-hybridized carbons (Fsp3) is 0.154. The van der Waals surface area contributed by atoms with E-state index in [-0.39, 0.29) is 18.2 Å². The monoisotopic (exact) mass is 524 g/mol. The molecule has 0 bridgehead atoms. The van der Waals surface area contributed by atoms with E-state index in [9.17, 15) is 10.1 Å². The molecule has 1 N–H and O–H groups in total. The molecule has 0 saturated carbocycles. The highest BCUT2D eigenvalue weighted by Gasteiger charge is 2.16. The lowest BCUT2D eigenvalue weighted by atomic mass is 10.1. The van der Waals surface area contributed by atoms with Gasteiger partial charge in [0.1, 0.15) is 18.2 Å². The van der Waals surface area contributed by atoms with Crippen molar-refractivity contribution >= 4 is 39.5 Å². The zero-order chi connectivity index (χ0) is 23.8. The van der Waals surface area contributed by atoms with E-state index < -0.39 is 5.91 Å². The van der Waals surface area contributed by atoms with E-state index in [1.807, 2.05) is 61.5 Å². The lowest BCUT2D eigenvalue weighted by Gasteiger charge is -2.15. The Bertz CT molecular complexity index is 1210. The Morgan fingerprint density at radius 1 is 1.15 bits per heavy atom. The number of halogens is 2. The van der Waals surface area contributed by atoms with Gasteiger partial charge in [-0.25, -0.2) is 0 Å². The van der Waals surface area contributed by atoms with Crippen LogP contribution in [0.2, 0.25) is 5.02 Å². The molecule has 168 valence electrons. The third kappa shape index (κ3) is 6.38. The van der Waals surface area contributed by atoms with Gasteiger partial charge in [-0.15, -0.1) is 0 Å². The van der Waals surface area contributed by atoms with Crippen LogP contribution in [0, 0.1) is 11.3 Å². The van der Waals surface area contributed by atoms with Crippen LogP contribution in [-0.4, -0.2) is 13.0 Å². The molecule has 3 rings (SSSR count). The smallest absolute Gasteiger partial charge is 0.262 e. The van der Waals surface area contributed by atoms with Gasteiger partial charge in [0.15, 0.2) is 11.5 Å². The minimum Gasteiger partial charge on any atom is -0.493 e. The van der Waals surface area contributed by atoms with Crippen molar-refractivity contribution in [2.45, 2.75) is 19.6 Å². The molecule has 1 atom stereocenters. The van der Waals surface area contributed by atoms with Crippen LogP contribution in [0.3, 0.4) is 0 Å². The fourth-order valence-corrected chi connectivity index (χ4v) is 3.74. The Hall–Kier alpha value is -3.27. The maximum absolute atomic E-state index is 12.7. The molecule has 0 aliphatic carbocycles. The van der Waals surface area contributed by atoms with Gasteiger partial charge >= 0.3 is 0 Å². The van der Waals surface area contributed by atoms with Gasteiger partial charge in [-0.2, -0.15) is 5.26 Å². The SMILES string of the molecule is COc1cc(/C=C(/C#N)C(=O)N[C@@H](C)c2ccccc2)c(Br)cc1OCc1ccccc1Cl. The van der Waals surface area contributed by atoms with Gasteiger partial charge in [0.2, 0.25) is 0 Å². The van der Waals surface area contributed by atoms with Crippen molar-refractivity contribution in [3.8, 4) is 17.6 Å². The number of nitrogens with one attached hydrogen (secondary N) is 1. The summed E-state index contributed by atoms with van der Waals surface area (Å²) in [5.41, 5.74) is 2.38. The summed E-state index contributed by atoms with van der Waals surface area (Å²) in [7, 11) is 1.53. The number of nitriles is 1. The number of carbonyl (C=O) groups is 1. The maximum atomic E-state index is 12.7. The molecule has 0 fully saturated rings. The Labute approximate surface area is 206 Å². The predicted molar refractivity (Wildman–Crippen MR) is 133 cm³/mol. The molecule has 0 aliphatic heterocycles. The van der Waals surface area contributed by atoms with E-state index in [0.29, 0.717) is 26.6 Å². The third-order valence-electron chi connectivity index (χ3n) is 4.94. The molecule has 0 unspecified atom stereocenters. The van der Waals surface area contributed by atoms with E-state index in [2.05, 4.69) is 21.2 Å². The van der Waals surface area contributed by atoms with Crippen molar-refractivity contribution in [3.63, 3.8) is 0 Å². The number of nitrogens with zero attached hydrogens (tertiary/aromatic N) is 1. The van der Waals surface area contributed by atoms with Gasteiger partial charge in [0.25, 0.3) is 5.91 Å². The zero-order valence-corrected chi connectivity index (χ0v) is 20.5. The van der Waals surface area contributed by atoms with Gasteiger partial charge in [-0.1, -0.05) is 76.1 Å². The van der Waals surface area contributed by atoms with Gasteiger partial charge < -0.3 is 14.8 Å². The van der Waals surface area contributed by atoms with Crippen molar-refractivity contribution in [3.05, 3.63) is 98.5 Å². The summed E-state index contributed by atoms with van der Waals surface area (Å²) in [6.07, 6.45) is 1.51. The molecule has 5 nitrogen and oxygen atoms in total. The van der Waals surface area contributed by atoms with Crippen molar-refractivity contribution in [1.29, 1.82) is 5.26 Å². The van der Waals surface area contributed by atoms with Gasteiger partial charge in [0, 0.05) is 15.1 Å². The standard InChI is InChI=1S/C26H22BrClN2O3/c1-17(18-8-4-3-5-9-18)30-26(31)21(15-29)12-20-13-24(32-2)25(14-22(20)27)33-16-19-10-6-7-11-23(19)28/h3-14,17H,16H2,1-2H3,(H,30,31)/b21-12-/t17-/m0/s1. The lowest BCUT2D eigenvalue weighted by molar-refractivity contribution is -0.117. The topological polar surface area (TPSA) is 71.3 Å². The van der Waals surface area contributed by atoms with Crippen LogP contribution in [0.5, 0.6) is 11.5 Å².